The van der Waals surface area contributed by atoms with E-state index in [4.69, 9.17) is 0 Å². The summed E-state index contributed by atoms with van der Waals surface area (Å²) in [5.74, 6) is 0.0877. The Hall–Kier alpha value is -2.54. The second-order valence-electron chi connectivity index (χ2n) is 6.65. The summed E-state index contributed by atoms with van der Waals surface area (Å²) in [5, 5.41) is 2.87. The van der Waals surface area contributed by atoms with Crippen molar-refractivity contribution < 1.29 is 13.2 Å². The first-order valence-corrected chi connectivity index (χ1v) is 9.86. The summed E-state index contributed by atoms with van der Waals surface area (Å²) in [4.78, 5) is 14.5. The lowest BCUT2D eigenvalue weighted by molar-refractivity contribution is 0.0949. The predicted octanol–water partition coefficient (Wildman–Crippen LogP) is 2.94. The van der Waals surface area contributed by atoms with Gasteiger partial charge in [0.2, 0.25) is 0 Å². The van der Waals surface area contributed by atoms with Gasteiger partial charge in [-0.2, -0.15) is 0 Å². The third kappa shape index (κ3) is 4.98. The predicted molar refractivity (Wildman–Crippen MR) is 105 cm³/mol. The summed E-state index contributed by atoms with van der Waals surface area (Å²) < 4.78 is 27.5. The lowest BCUT2D eigenvalue weighted by Gasteiger charge is -2.19. The van der Waals surface area contributed by atoms with Crippen LogP contribution in [0.2, 0.25) is 0 Å². The van der Waals surface area contributed by atoms with Gasteiger partial charge in [0.15, 0.2) is 0 Å². The summed E-state index contributed by atoms with van der Waals surface area (Å²) in [6.07, 6.45) is 0. The zero-order valence-corrected chi connectivity index (χ0v) is 16.3. The highest BCUT2D eigenvalue weighted by molar-refractivity contribution is 7.92. The fourth-order valence-electron chi connectivity index (χ4n) is 2.38. The second-order valence-corrected chi connectivity index (χ2v) is 8.33. The van der Waals surface area contributed by atoms with Crippen LogP contribution >= 0.6 is 0 Å². The lowest BCUT2D eigenvalue weighted by atomic mass is 10.1. The number of carbonyl (C=O) groups is 1. The third-order valence-corrected chi connectivity index (χ3v) is 5.10. The Kier molecular flexibility index (Phi) is 6.26. The molecule has 0 heterocycles. The van der Waals surface area contributed by atoms with E-state index < -0.39 is 10.0 Å². The Morgan fingerprint density at radius 2 is 1.73 bits per heavy atom. The molecule has 1 amide bonds. The highest BCUT2D eigenvalue weighted by Crippen LogP contribution is 2.25. The number of benzene rings is 2. The molecule has 0 fully saturated rings. The zero-order valence-electron chi connectivity index (χ0n) is 15.5. The van der Waals surface area contributed by atoms with Crippen LogP contribution in [-0.4, -0.2) is 35.0 Å². The quantitative estimate of drug-likeness (QED) is 0.780. The Morgan fingerprint density at radius 1 is 1.08 bits per heavy atom. The van der Waals surface area contributed by atoms with E-state index in [1.807, 2.05) is 32.8 Å². The van der Waals surface area contributed by atoms with Crippen molar-refractivity contribution in [3.05, 3.63) is 54.1 Å². The molecule has 0 aromatic heterocycles. The molecule has 2 N–H and O–H groups in total. The van der Waals surface area contributed by atoms with E-state index in [2.05, 4.69) is 10.0 Å². The minimum absolute atomic E-state index is 0.169. The number of nitrogens with one attached hydrogen (secondary N) is 2. The average Bonchev–Trinajstić information content (AvgIpc) is 2.59. The fraction of sp³-hybridized carbons (Fsp3) is 0.316. The van der Waals surface area contributed by atoms with E-state index in [1.54, 1.807) is 36.4 Å². The normalized spacial score (nSPS) is 11.3. The van der Waals surface area contributed by atoms with Crippen molar-refractivity contribution in [2.75, 3.05) is 30.3 Å². The first kappa shape index (κ1) is 19.8. The molecule has 2 aromatic rings. The lowest BCUT2D eigenvalue weighted by Crippen LogP contribution is -2.29. The number of rotatable bonds is 7. The van der Waals surface area contributed by atoms with Crippen molar-refractivity contribution in [1.29, 1.82) is 0 Å². The molecule has 0 spiro atoms. The summed E-state index contributed by atoms with van der Waals surface area (Å²) in [6, 6.07) is 13.1. The fourth-order valence-corrected chi connectivity index (χ4v) is 3.45. The van der Waals surface area contributed by atoms with Crippen LogP contribution in [0.3, 0.4) is 0 Å². The SMILES string of the molecule is CC(C)CNC(=O)c1cc(NS(=O)(=O)c2ccccc2)ccc1N(C)C. The number of amides is 1. The van der Waals surface area contributed by atoms with Gasteiger partial charge in [0.05, 0.1) is 10.5 Å². The topological polar surface area (TPSA) is 78.5 Å². The largest absolute Gasteiger partial charge is 0.377 e. The van der Waals surface area contributed by atoms with Crippen molar-refractivity contribution in [3.8, 4) is 0 Å². The molecule has 7 heteroatoms. The van der Waals surface area contributed by atoms with Gasteiger partial charge in [-0.3, -0.25) is 9.52 Å². The molecule has 6 nitrogen and oxygen atoms in total. The van der Waals surface area contributed by atoms with E-state index in [0.29, 0.717) is 29.4 Å². The highest BCUT2D eigenvalue weighted by atomic mass is 32.2. The van der Waals surface area contributed by atoms with Crippen molar-refractivity contribution in [1.82, 2.24) is 5.32 Å². The molecule has 0 saturated heterocycles. The van der Waals surface area contributed by atoms with Crippen LogP contribution in [0.4, 0.5) is 11.4 Å². The number of nitrogens with zero attached hydrogens (tertiary/aromatic N) is 1. The van der Waals surface area contributed by atoms with Gasteiger partial charge in [0.25, 0.3) is 15.9 Å². The van der Waals surface area contributed by atoms with E-state index >= 15 is 0 Å². The Balaban J connectivity index is 2.33. The summed E-state index contributed by atoms with van der Waals surface area (Å²) in [5.41, 5.74) is 1.48. The molecule has 0 saturated carbocycles. The van der Waals surface area contributed by atoms with Gasteiger partial charge < -0.3 is 10.2 Å². The van der Waals surface area contributed by atoms with Gasteiger partial charge in [-0.05, 0) is 36.2 Å². The van der Waals surface area contributed by atoms with Gasteiger partial charge >= 0.3 is 0 Å². The summed E-state index contributed by atoms with van der Waals surface area (Å²) in [7, 11) is -0.0386. The number of sulfonamides is 1. The number of anilines is 2. The molecule has 0 aliphatic carbocycles. The van der Waals surface area contributed by atoms with Crippen LogP contribution in [-0.2, 0) is 10.0 Å². The summed E-state index contributed by atoms with van der Waals surface area (Å²) >= 11 is 0. The third-order valence-electron chi connectivity index (χ3n) is 3.70. The van der Waals surface area contributed by atoms with E-state index in [9.17, 15) is 13.2 Å². The smallest absolute Gasteiger partial charge is 0.261 e. The highest BCUT2D eigenvalue weighted by Gasteiger charge is 2.18. The van der Waals surface area contributed by atoms with E-state index in [1.165, 1.54) is 12.1 Å². The molecule has 0 aliphatic heterocycles. The van der Waals surface area contributed by atoms with E-state index in [0.717, 1.165) is 0 Å². The standard InChI is InChI=1S/C19H25N3O3S/c1-14(2)13-20-19(23)17-12-15(10-11-18(17)22(3)4)21-26(24,25)16-8-6-5-7-9-16/h5-12,14,21H,13H2,1-4H3,(H,20,23). The second kappa shape index (κ2) is 8.23. The Morgan fingerprint density at radius 3 is 2.31 bits per heavy atom. The van der Waals surface area contributed by atoms with Gasteiger partial charge in [0.1, 0.15) is 0 Å². The number of hydrogen-bond acceptors (Lipinski definition) is 4. The minimum atomic E-state index is -3.71. The summed E-state index contributed by atoms with van der Waals surface area (Å²) in [6.45, 7) is 4.57. The van der Waals surface area contributed by atoms with Crippen LogP contribution in [0, 0.1) is 5.92 Å². The van der Waals surface area contributed by atoms with Crippen LogP contribution in [0.5, 0.6) is 0 Å². The van der Waals surface area contributed by atoms with Gasteiger partial charge in [-0.15, -0.1) is 0 Å². The van der Waals surface area contributed by atoms with Crippen LogP contribution < -0.4 is 14.9 Å². The monoisotopic (exact) mass is 375 g/mol. The van der Waals surface area contributed by atoms with Crippen molar-refractivity contribution >= 4 is 27.3 Å². The minimum Gasteiger partial charge on any atom is -0.377 e. The Bertz CT molecular complexity index is 863. The molecule has 2 aromatic carbocycles. The number of carbonyl (C=O) groups excluding carboxylic acids is 1. The molecule has 0 radical (unpaired) electrons. The molecule has 26 heavy (non-hydrogen) atoms. The Labute approximate surface area is 155 Å². The molecular weight excluding hydrogens is 350 g/mol. The van der Waals surface area contributed by atoms with Crippen molar-refractivity contribution in [3.63, 3.8) is 0 Å². The van der Waals surface area contributed by atoms with Gasteiger partial charge in [-0.25, -0.2) is 8.42 Å². The van der Waals surface area contributed by atoms with Crippen LogP contribution in [0.1, 0.15) is 24.2 Å². The molecule has 0 atom stereocenters. The maximum Gasteiger partial charge on any atom is 0.261 e. The van der Waals surface area contributed by atoms with Crippen molar-refractivity contribution in [2.24, 2.45) is 5.92 Å². The van der Waals surface area contributed by atoms with Crippen LogP contribution in [0.25, 0.3) is 0 Å². The molecule has 0 aliphatic rings. The van der Waals surface area contributed by atoms with Crippen LogP contribution in [0.15, 0.2) is 53.4 Å². The van der Waals surface area contributed by atoms with Gasteiger partial charge in [-0.1, -0.05) is 32.0 Å². The van der Waals surface area contributed by atoms with Gasteiger partial charge in [0, 0.05) is 32.0 Å². The molecule has 0 unspecified atom stereocenters. The molecular formula is C19H25N3O3S. The molecule has 2 rings (SSSR count). The molecule has 0 bridgehead atoms. The zero-order chi connectivity index (χ0) is 19.3. The molecule has 140 valence electrons. The average molecular weight is 375 g/mol. The first-order chi connectivity index (χ1) is 12.2. The van der Waals surface area contributed by atoms with E-state index in [-0.39, 0.29) is 10.8 Å². The maximum absolute atomic E-state index is 12.5. The van der Waals surface area contributed by atoms with Crippen molar-refractivity contribution in [2.45, 2.75) is 18.7 Å². The maximum atomic E-state index is 12.5. The first-order valence-electron chi connectivity index (χ1n) is 8.38. The number of hydrogen-bond donors (Lipinski definition) is 2.